The molecule has 2 aliphatic rings. The minimum absolute atomic E-state index is 0.212. The van der Waals surface area contributed by atoms with E-state index in [1.54, 1.807) is 6.92 Å². The normalized spacial score (nSPS) is 22.7. The van der Waals surface area contributed by atoms with Crippen molar-refractivity contribution in [2.45, 2.75) is 66.0 Å². The molecule has 6 nitrogen and oxygen atoms in total. The summed E-state index contributed by atoms with van der Waals surface area (Å²) in [4.78, 5) is 0. The fraction of sp³-hybridized carbons (Fsp3) is 0.667. The van der Waals surface area contributed by atoms with E-state index in [2.05, 4.69) is 0 Å². The number of nitrogens with zero attached hydrogens (tertiary/aromatic N) is 1. The summed E-state index contributed by atoms with van der Waals surface area (Å²) < 4.78 is 23.9. The van der Waals surface area contributed by atoms with Gasteiger partial charge in [0.05, 0.1) is 18.8 Å². The molecular weight excluding hydrogens is 274 g/mol. The van der Waals surface area contributed by atoms with Gasteiger partial charge in [0.25, 0.3) is 0 Å². The standard InChI is InChI=1S/C15H21NO5/c1-9-13-11(7-19-15(4,5)21-13)10-6-18-14(2,3)20-8-12(10)16(9)17/h6-8H2,1-5H3. The lowest BCUT2D eigenvalue weighted by molar-refractivity contribution is -0.624. The maximum Gasteiger partial charge on any atom is 0.232 e. The van der Waals surface area contributed by atoms with Gasteiger partial charge < -0.3 is 24.2 Å². The number of hydrogen-bond acceptors (Lipinski definition) is 5. The van der Waals surface area contributed by atoms with Gasteiger partial charge in [-0.3, -0.25) is 0 Å². The van der Waals surface area contributed by atoms with Crippen LogP contribution in [-0.4, -0.2) is 11.6 Å². The number of aromatic nitrogens is 1. The van der Waals surface area contributed by atoms with E-state index in [4.69, 9.17) is 18.9 Å². The van der Waals surface area contributed by atoms with Gasteiger partial charge in [-0.1, -0.05) is 0 Å². The zero-order valence-electron chi connectivity index (χ0n) is 13.1. The lowest BCUT2D eigenvalue weighted by atomic mass is 10.0. The summed E-state index contributed by atoms with van der Waals surface area (Å²) in [5.74, 6) is -0.855. The first-order valence-corrected chi connectivity index (χ1v) is 7.08. The topological polar surface area (TPSA) is 63.9 Å². The van der Waals surface area contributed by atoms with Gasteiger partial charge in [0.15, 0.2) is 11.5 Å². The quantitative estimate of drug-likeness (QED) is 0.541. The van der Waals surface area contributed by atoms with Gasteiger partial charge in [-0.2, -0.15) is 4.73 Å². The van der Waals surface area contributed by atoms with Crippen molar-refractivity contribution in [3.05, 3.63) is 27.7 Å². The van der Waals surface area contributed by atoms with Gasteiger partial charge in [-0.05, 0) is 13.8 Å². The van der Waals surface area contributed by atoms with Gasteiger partial charge in [0, 0.05) is 26.3 Å². The number of fused-ring (bicyclic) bond motifs is 3. The van der Waals surface area contributed by atoms with Crippen molar-refractivity contribution in [3.8, 4) is 5.75 Å². The van der Waals surface area contributed by atoms with Crippen LogP contribution < -0.4 is 9.47 Å². The lowest BCUT2D eigenvalue weighted by Gasteiger charge is -2.33. The third kappa shape index (κ3) is 2.47. The number of rotatable bonds is 0. The van der Waals surface area contributed by atoms with Gasteiger partial charge >= 0.3 is 0 Å². The number of ether oxygens (including phenoxy) is 4. The van der Waals surface area contributed by atoms with Crippen molar-refractivity contribution in [1.29, 1.82) is 0 Å². The Balaban J connectivity index is 2.14. The van der Waals surface area contributed by atoms with E-state index in [1.807, 2.05) is 27.7 Å². The molecule has 116 valence electrons. The second-order valence-corrected chi connectivity index (χ2v) is 6.38. The molecule has 0 fully saturated rings. The highest BCUT2D eigenvalue weighted by Gasteiger charge is 2.38. The summed E-state index contributed by atoms with van der Waals surface area (Å²) in [6.07, 6.45) is 0. The van der Waals surface area contributed by atoms with Crippen LogP contribution >= 0.6 is 0 Å². The molecule has 0 amide bonds. The maximum atomic E-state index is 12.5. The molecule has 6 heteroatoms. The van der Waals surface area contributed by atoms with Crippen LogP contribution in [0.1, 0.15) is 50.2 Å². The minimum atomic E-state index is -0.736. The van der Waals surface area contributed by atoms with Crippen molar-refractivity contribution in [1.82, 2.24) is 0 Å². The SMILES string of the molecule is Cc1c2c(c3c([n+]1[O-])COC(C)(C)OC3)COC(C)(C)O2. The summed E-state index contributed by atoms with van der Waals surface area (Å²) in [5, 5.41) is 12.5. The number of pyridine rings is 1. The fourth-order valence-electron chi connectivity index (χ4n) is 2.60. The Bertz CT molecular complexity index is 594. The molecular formula is C15H21NO5. The van der Waals surface area contributed by atoms with Gasteiger partial charge in [0.1, 0.15) is 6.61 Å². The first-order chi connectivity index (χ1) is 9.70. The Kier molecular flexibility index (Phi) is 3.16. The van der Waals surface area contributed by atoms with Crippen LogP contribution in [0, 0.1) is 12.1 Å². The summed E-state index contributed by atoms with van der Waals surface area (Å²) in [6.45, 7) is 10.0. The molecule has 0 N–H and O–H groups in total. The average molecular weight is 295 g/mol. The second kappa shape index (κ2) is 4.56. The molecule has 0 bridgehead atoms. The molecule has 0 radical (unpaired) electrons. The van der Waals surface area contributed by atoms with Gasteiger partial charge in [0.2, 0.25) is 17.2 Å². The van der Waals surface area contributed by atoms with Gasteiger partial charge in [-0.15, -0.1) is 0 Å². The Labute approximate surface area is 124 Å². The zero-order valence-corrected chi connectivity index (χ0v) is 13.1. The van der Waals surface area contributed by atoms with Crippen molar-refractivity contribution in [2.75, 3.05) is 0 Å². The number of hydrogen-bond donors (Lipinski definition) is 0. The molecule has 1 aromatic heterocycles. The highest BCUT2D eigenvalue weighted by atomic mass is 16.7. The van der Waals surface area contributed by atoms with Crippen molar-refractivity contribution >= 4 is 0 Å². The van der Waals surface area contributed by atoms with E-state index in [1.165, 1.54) is 0 Å². The summed E-state index contributed by atoms with van der Waals surface area (Å²) in [6, 6.07) is 0. The first-order valence-electron chi connectivity index (χ1n) is 7.08. The Morgan fingerprint density at radius 2 is 1.48 bits per heavy atom. The molecule has 21 heavy (non-hydrogen) atoms. The molecule has 0 atom stereocenters. The van der Waals surface area contributed by atoms with Gasteiger partial charge in [-0.25, -0.2) is 0 Å². The smallest absolute Gasteiger partial charge is 0.232 e. The third-order valence-corrected chi connectivity index (χ3v) is 3.90. The van der Waals surface area contributed by atoms with E-state index in [-0.39, 0.29) is 6.61 Å². The van der Waals surface area contributed by atoms with Crippen molar-refractivity contribution in [3.63, 3.8) is 0 Å². The summed E-state index contributed by atoms with van der Waals surface area (Å²) in [7, 11) is 0. The average Bonchev–Trinajstić information content (AvgIpc) is 2.54. The molecule has 1 aromatic rings. The van der Waals surface area contributed by atoms with E-state index >= 15 is 0 Å². The van der Waals surface area contributed by atoms with Crippen LogP contribution in [0.3, 0.4) is 0 Å². The molecule has 0 spiro atoms. The molecule has 0 aliphatic carbocycles. The van der Waals surface area contributed by atoms with Crippen molar-refractivity contribution in [2.24, 2.45) is 0 Å². The van der Waals surface area contributed by atoms with E-state index < -0.39 is 11.6 Å². The Morgan fingerprint density at radius 1 is 0.905 bits per heavy atom. The van der Waals surface area contributed by atoms with Crippen LogP contribution in [0.4, 0.5) is 0 Å². The molecule has 0 saturated heterocycles. The lowest BCUT2D eigenvalue weighted by Crippen LogP contribution is -2.43. The molecule has 3 heterocycles. The summed E-state index contributed by atoms with van der Waals surface area (Å²) in [5.41, 5.74) is 2.80. The van der Waals surface area contributed by atoms with E-state index in [0.717, 1.165) is 15.9 Å². The van der Waals surface area contributed by atoms with Crippen LogP contribution in [-0.2, 0) is 34.0 Å². The Morgan fingerprint density at radius 3 is 2.19 bits per heavy atom. The molecule has 3 rings (SSSR count). The monoisotopic (exact) mass is 295 g/mol. The highest BCUT2D eigenvalue weighted by Crippen LogP contribution is 2.37. The molecule has 2 aliphatic heterocycles. The Hall–Kier alpha value is -1.37. The molecule has 0 unspecified atom stereocenters. The molecule has 0 aromatic carbocycles. The van der Waals surface area contributed by atoms with E-state index in [0.29, 0.717) is 30.4 Å². The van der Waals surface area contributed by atoms with Crippen LogP contribution in [0.15, 0.2) is 0 Å². The van der Waals surface area contributed by atoms with Crippen molar-refractivity contribution < 1.29 is 23.7 Å². The molecule has 0 saturated carbocycles. The minimum Gasteiger partial charge on any atom is -0.618 e. The predicted molar refractivity (Wildman–Crippen MR) is 73.3 cm³/mol. The largest absolute Gasteiger partial charge is 0.618 e. The first kappa shape index (κ1) is 14.6. The maximum absolute atomic E-state index is 12.5. The highest BCUT2D eigenvalue weighted by molar-refractivity contribution is 5.43. The summed E-state index contributed by atoms with van der Waals surface area (Å²) >= 11 is 0. The predicted octanol–water partition coefficient (Wildman–Crippen LogP) is 2.06. The van der Waals surface area contributed by atoms with Crippen LogP contribution in [0.25, 0.3) is 0 Å². The second-order valence-electron chi connectivity index (χ2n) is 6.38. The fourth-order valence-corrected chi connectivity index (χ4v) is 2.60. The van der Waals surface area contributed by atoms with Crippen LogP contribution in [0.2, 0.25) is 0 Å². The third-order valence-electron chi connectivity index (χ3n) is 3.90. The van der Waals surface area contributed by atoms with Crippen LogP contribution in [0.5, 0.6) is 5.75 Å². The van der Waals surface area contributed by atoms with E-state index in [9.17, 15) is 5.21 Å². The zero-order chi connectivity index (χ0) is 15.4.